The highest BCUT2D eigenvalue weighted by atomic mass is 32.2. The summed E-state index contributed by atoms with van der Waals surface area (Å²) in [6.07, 6.45) is 0. The van der Waals surface area contributed by atoms with Crippen LogP contribution >= 0.6 is 0 Å². The molecule has 0 saturated heterocycles. The standard InChI is InChI=1S/C6H7NO6S/c1-2-13-6(10)4-3(8)5(9)7-14(4,11)12/h8H,2H2,1H3,(H,7,9). The normalized spacial score (nSPS) is 19.4. The van der Waals surface area contributed by atoms with Crippen molar-refractivity contribution in [3.05, 3.63) is 10.7 Å². The zero-order chi connectivity index (χ0) is 10.9. The van der Waals surface area contributed by atoms with Gasteiger partial charge in [-0.15, -0.1) is 4.40 Å². The van der Waals surface area contributed by atoms with Gasteiger partial charge in [0.1, 0.15) is 0 Å². The monoisotopic (exact) mass is 221 g/mol. The van der Waals surface area contributed by atoms with E-state index < -0.39 is 32.6 Å². The average molecular weight is 221 g/mol. The Kier molecular flexibility index (Phi) is 2.47. The predicted molar refractivity (Wildman–Crippen MR) is 45.3 cm³/mol. The topological polar surface area (TPSA) is 113 Å². The Labute approximate surface area is 79.4 Å². The molecule has 0 bridgehead atoms. The fraction of sp³-hybridized carbons (Fsp3) is 0.333. The van der Waals surface area contributed by atoms with Gasteiger partial charge in [0.05, 0.1) is 6.61 Å². The van der Waals surface area contributed by atoms with Crippen molar-refractivity contribution >= 4 is 21.9 Å². The van der Waals surface area contributed by atoms with Crippen LogP contribution in [0, 0.1) is 0 Å². The number of rotatable bonds is 2. The number of esters is 1. The van der Waals surface area contributed by atoms with Gasteiger partial charge in [-0.3, -0.25) is 0 Å². The fourth-order valence-electron chi connectivity index (χ4n) is 0.825. The molecule has 0 atom stereocenters. The zero-order valence-electron chi connectivity index (χ0n) is 7.09. The Balaban J connectivity index is 3.19. The fourth-order valence-corrected chi connectivity index (χ4v) is 1.84. The van der Waals surface area contributed by atoms with Crippen LogP contribution in [0.1, 0.15) is 6.92 Å². The second-order valence-corrected chi connectivity index (χ2v) is 3.83. The van der Waals surface area contributed by atoms with E-state index in [0.29, 0.717) is 0 Å². The first kappa shape index (κ1) is 10.5. The zero-order valence-corrected chi connectivity index (χ0v) is 7.91. The maximum atomic E-state index is 11.0. The van der Waals surface area contributed by atoms with Crippen LogP contribution in [0.3, 0.4) is 0 Å². The molecule has 1 rings (SSSR count). The number of hydrogen-bond donors (Lipinski definition) is 2. The maximum Gasteiger partial charge on any atom is 0.355 e. The summed E-state index contributed by atoms with van der Waals surface area (Å²) in [6.45, 7) is 1.42. The number of carbonyl (C=O) groups is 1. The number of aliphatic hydroxyl groups is 2. The Bertz CT molecular complexity index is 431. The van der Waals surface area contributed by atoms with E-state index in [1.165, 1.54) is 6.92 Å². The quantitative estimate of drug-likeness (QED) is 0.614. The molecule has 1 heterocycles. The van der Waals surface area contributed by atoms with Crippen LogP contribution < -0.4 is 0 Å². The van der Waals surface area contributed by atoms with E-state index in [1.807, 2.05) is 0 Å². The minimum atomic E-state index is -4.31. The van der Waals surface area contributed by atoms with Crippen LogP contribution in [0.2, 0.25) is 0 Å². The lowest BCUT2D eigenvalue weighted by Crippen LogP contribution is -2.14. The number of carbonyl (C=O) groups excluding carboxylic acids is 1. The molecule has 0 fully saturated rings. The first-order chi connectivity index (χ1) is 6.40. The number of ether oxygens (including phenoxy) is 1. The van der Waals surface area contributed by atoms with Crippen molar-refractivity contribution < 1.29 is 28.2 Å². The predicted octanol–water partition coefficient (Wildman–Crippen LogP) is -0.381. The summed E-state index contributed by atoms with van der Waals surface area (Å²) < 4.78 is 29.1. The second kappa shape index (κ2) is 3.29. The van der Waals surface area contributed by atoms with Crippen LogP contribution in [0.15, 0.2) is 15.1 Å². The second-order valence-electron chi connectivity index (χ2n) is 2.29. The third-order valence-electron chi connectivity index (χ3n) is 1.35. The number of hydrogen-bond acceptors (Lipinski definition) is 5. The Morgan fingerprint density at radius 3 is 2.43 bits per heavy atom. The van der Waals surface area contributed by atoms with E-state index >= 15 is 0 Å². The van der Waals surface area contributed by atoms with Crippen molar-refractivity contribution in [1.82, 2.24) is 0 Å². The van der Waals surface area contributed by atoms with Gasteiger partial charge in [-0.1, -0.05) is 0 Å². The van der Waals surface area contributed by atoms with Crippen LogP contribution in [0.25, 0.3) is 0 Å². The van der Waals surface area contributed by atoms with E-state index in [2.05, 4.69) is 9.13 Å². The first-order valence-electron chi connectivity index (χ1n) is 3.54. The summed E-state index contributed by atoms with van der Waals surface area (Å²) in [7, 11) is -4.31. The molecule has 0 radical (unpaired) electrons. The summed E-state index contributed by atoms with van der Waals surface area (Å²) in [5.41, 5.74) is 0. The molecule has 1 aliphatic heterocycles. The van der Waals surface area contributed by atoms with Crippen LogP contribution in [-0.2, 0) is 19.6 Å². The van der Waals surface area contributed by atoms with E-state index in [-0.39, 0.29) is 6.61 Å². The van der Waals surface area contributed by atoms with Gasteiger partial charge in [-0.25, -0.2) is 4.79 Å². The third kappa shape index (κ3) is 1.55. The molecule has 0 aromatic carbocycles. The molecule has 0 unspecified atom stereocenters. The highest BCUT2D eigenvalue weighted by Gasteiger charge is 2.38. The lowest BCUT2D eigenvalue weighted by Gasteiger charge is -2.00. The molecule has 0 saturated carbocycles. The van der Waals surface area contributed by atoms with Crippen molar-refractivity contribution in [2.45, 2.75) is 6.92 Å². The molecule has 78 valence electrons. The molecule has 14 heavy (non-hydrogen) atoms. The summed E-state index contributed by atoms with van der Waals surface area (Å²) in [5, 5.41) is 17.8. The molecule has 1 aliphatic rings. The molecular weight excluding hydrogens is 214 g/mol. The molecule has 0 amide bonds. The van der Waals surface area contributed by atoms with Crippen molar-refractivity contribution in [2.24, 2.45) is 4.40 Å². The van der Waals surface area contributed by atoms with Gasteiger partial charge in [0.15, 0.2) is 0 Å². The SMILES string of the molecule is CCOC(=O)C1=C(O)C(O)=NS1(=O)=O. The van der Waals surface area contributed by atoms with E-state index in [1.54, 1.807) is 0 Å². The molecule has 7 nitrogen and oxygen atoms in total. The van der Waals surface area contributed by atoms with Gasteiger partial charge in [-0.2, -0.15) is 8.42 Å². The van der Waals surface area contributed by atoms with E-state index in [4.69, 9.17) is 10.2 Å². The summed E-state index contributed by atoms with van der Waals surface area (Å²) >= 11 is 0. The maximum absolute atomic E-state index is 11.0. The van der Waals surface area contributed by atoms with Gasteiger partial charge >= 0.3 is 5.97 Å². The summed E-state index contributed by atoms with van der Waals surface area (Å²) in [5.74, 6) is -3.42. The van der Waals surface area contributed by atoms with Crippen molar-refractivity contribution in [1.29, 1.82) is 0 Å². The number of aliphatic hydroxyl groups excluding tert-OH is 2. The van der Waals surface area contributed by atoms with Gasteiger partial charge in [0.2, 0.25) is 10.7 Å². The highest BCUT2D eigenvalue weighted by molar-refractivity contribution is 7.95. The average Bonchev–Trinajstić information content (AvgIpc) is 2.21. The minimum absolute atomic E-state index is 0.0497. The molecule has 8 heteroatoms. The van der Waals surface area contributed by atoms with Crippen molar-refractivity contribution in [2.75, 3.05) is 6.61 Å². The Morgan fingerprint density at radius 2 is 2.07 bits per heavy atom. The molecular formula is C6H7NO6S. The van der Waals surface area contributed by atoms with Crippen LogP contribution in [0.5, 0.6) is 0 Å². The van der Waals surface area contributed by atoms with Crippen molar-refractivity contribution in [3.63, 3.8) is 0 Å². The largest absolute Gasteiger partial charge is 0.502 e. The Morgan fingerprint density at radius 1 is 1.50 bits per heavy atom. The third-order valence-corrected chi connectivity index (χ3v) is 2.64. The molecule has 0 aromatic heterocycles. The van der Waals surface area contributed by atoms with Gasteiger partial charge in [0, 0.05) is 0 Å². The van der Waals surface area contributed by atoms with Gasteiger partial charge in [-0.05, 0) is 6.92 Å². The van der Waals surface area contributed by atoms with E-state index in [9.17, 15) is 13.2 Å². The van der Waals surface area contributed by atoms with Crippen LogP contribution in [0.4, 0.5) is 0 Å². The molecule has 2 N–H and O–H groups in total. The van der Waals surface area contributed by atoms with Crippen molar-refractivity contribution in [3.8, 4) is 0 Å². The molecule has 0 aromatic rings. The first-order valence-corrected chi connectivity index (χ1v) is 4.98. The van der Waals surface area contributed by atoms with E-state index in [0.717, 1.165) is 0 Å². The van der Waals surface area contributed by atoms with Gasteiger partial charge in [0.25, 0.3) is 15.9 Å². The van der Waals surface area contributed by atoms with Gasteiger partial charge < -0.3 is 14.9 Å². The molecule has 0 spiro atoms. The summed E-state index contributed by atoms with van der Waals surface area (Å²) in [6, 6.07) is 0. The lowest BCUT2D eigenvalue weighted by molar-refractivity contribution is -0.137. The minimum Gasteiger partial charge on any atom is -0.502 e. The number of sulfonamides is 1. The smallest absolute Gasteiger partial charge is 0.355 e. The Hall–Kier alpha value is -1.57. The van der Waals surface area contributed by atoms with Crippen LogP contribution in [-0.4, -0.2) is 37.1 Å². The lowest BCUT2D eigenvalue weighted by atomic mass is 10.4. The molecule has 0 aliphatic carbocycles. The highest BCUT2D eigenvalue weighted by Crippen LogP contribution is 2.22. The summed E-state index contributed by atoms with van der Waals surface area (Å²) in [4.78, 5) is 9.98. The number of nitrogens with zero attached hydrogens (tertiary/aromatic N) is 1.